The Labute approximate surface area is 202 Å². The highest BCUT2D eigenvalue weighted by molar-refractivity contribution is 5.95. The summed E-state index contributed by atoms with van der Waals surface area (Å²) < 4.78 is 5.43. The van der Waals surface area contributed by atoms with Crippen LogP contribution in [-0.2, 0) is 22.5 Å². The fourth-order valence-electron chi connectivity index (χ4n) is 3.81. The normalized spacial score (nSPS) is 11.2. The zero-order chi connectivity index (χ0) is 24.1. The van der Waals surface area contributed by atoms with Gasteiger partial charge >= 0.3 is 12.1 Å². The van der Waals surface area contributed by atoms with Gasteiger partial charge in [0, 0.05) is 17.8 Å². The Bertz CT molecular complexity index is 971. The molecule has 1 aromatic carbocycles. The number of aryl methyl sites for hydroxylation is 2. The largest absolute Gasteiger partial charge is 0.478 e. The summed E-state index contributed by atoms with van der Waals surface area (Å²) in [6.07, 6.45) is 0.254. The molecule has 0 bridgehead atoms. The Kier molecular flexibility index (Phi) is 10.3. The van der Waals surface area contributed by atoms with E-state index in [1.54, 1.807) is 13.8 Å². The molecule has 0 fully saturated rings. The number of carboxylic acids is 1. The monoisotopic (exact) mass is 477 g/mol. The minimum atomic E-state index is -1.58. The van der Waals surface area contributed by atoms with E-state index in [9.17, 15) is 14.7 Å². The minimum Gasteiger partial charge on any atom is -0.478 e. The maximum atomic E-state index is 12.8. The Hall–Kier alpha value is -2.64. The molecule has 8 heteroatoms. The Morgan fingerprint density at radius 3 is 2.18 bits per heavy atom. The predicted molar refractivity (Wildman–Crippen MR) is 134 cm³/mol. The lowest BCUT2D eigenvalue weighted by atomic mass is 9.92. The fourth-order valence-corrected chi connectivity index (χ4v) is 3.81. The van der Waals surface area contributed by atoms with Gasteiger partial charge in [0.15, 0.2) is 0 Å². The molecule has 2 rings (SSSR count). The van der Waals surface area contributed by atoms with Crippen molar-refractivity contribution in [2.24, 2.45) is 11.7 Å². The number of nitrogens with two attached hydrogens (primary N) is 1. The van der Waals surface area contributed by atoms with Crippen LogP contribution in [0.5, 0.6) is 0 Å². The van der Waals surface area contributed by atoms with Crippen LogP contribution in [0.4, 0.5) is 10.5 Å². The zero-order valence-corrected chi connectivity index (χ0v) is 21.1. The third-order valence-corrected chi connectivity index (χ3v) is 5.76. The van der Waals surface area contributed by atoms with E-state index >= 15 is 0 Å². The average Bonchev–Trinajstić information content (AvgIpc) is 2.73. The molecule has 182 valence electrons. The van der Waals surface area contributed by atoms with Gasteiger partial charge in [-0.15, -0.1) is 12.4 Å². The van der Waals surface area contributed by atoms with Crippen molar-refractivity contribution in [2.75, 3.05) is 5.32 Å². The highest BCUT2D eigenvalue weighted by atomic mass is 35.5. The van der Waals surface area contributed by atoms with E-state index in [2.05, 4.69) is 19.2 Å². The van der Waals surface area contributed by atoms with Crippen molar-refractivity contribution in [1.82, 2.24) is 4.98 Å². The maximum absolute atomic E-state index is 12.8. The van der Waals surface area contributed by atoms with Crippen LogP contribution in [0.2, 0.25) is 0 Å². The number of ether oxygens (including phenoxy) is 1. The second-order valence-electron chi connectivity index (χ2n) is 8.56. The number of halogens is 1. The van der Waals surface area contributed by atoms with Crippen LogP contribution in [0.15, 0.2) is 24.3 Å². The first kappa shape index (κ1) is 28.4. The number of aromatic nitrogens is 1. The first-order valence-corrected chi connectivity index (χ1v) is 11.1. The van der Waals surface area contributed by atoms with E-state index in [4.69, 9.17) is 15.5 Å². The molecule has 33 heavy (non-hydrogen) atoms. The van der Waals surface area contributed by atoms with Gasteiger partial charge in [0.2, 0.25) is 5.60 Å². The lowest BCUT2D eigenvalue weighted by Crippen LogP contribution is -2.43. The summed E-state index contributed by atoms with van der Waals surface area (Å²) in [6, 6.07) is 7.97. The van der Waals surface area contributed by atoms with Crippen molar-refractivity contribution in [2.45, 2.75) is 73.0 Å². The third kappa shape index (κ3) is 6.45. The molecule has 0 atom stereocenters. The number of carbonyl (C=O) groups excluding carboxylic acids is 1. The molecule has 0 aliphatic carbocycles. The van der Waals surface area contributed by atoms with E-state index in [0.29, 0.717) is 17.3 Å². The van der Waals surface area contributed by atoms with Gasteiger partial charge in [0.1, 0.15) is 0 Å². The van der Waals surface area contributed by atoms with Crippen molar-refractivity contribution in [3.05, 3.63) is 46.8 Å². The molecule has 0 saturated carbocycles. The van der Waals surface area contributed by atoms with E-state index in [-0.39, 0.29) is 31.8 Å². The quantitative estimate of drug-likeness (QED) is 0.430. The number of nitrogens with one attached hydrogen (secondary N) is 1. The molecule has 1 aromatic heterocycles. The summed E-state index contributed by atoms with van der Waals surface area (Å²) in [4.78, 5) is 29.4. The first-order valence-electron chi connectivity index (χ1n) is 11.1. The molecule has 1 amide bonds. The highest BCUT2D eigenvalue weighted by Crippen LogP contribution is 2.36. The molecule has 7 nitrogen and oxygen atoms in total. The molecule has 0 unspecified atom stereocenters. The summed E-state index contributed by atoms with van der Waals surface area (Å²) in [5.74, 6) is -0.784. The van der Waals surface area contributed by atoms with Gasteiger partial charge in [0.05, 0.1) is 11.4 Å². The number of aliphatic carboxylic acids is 1. The SMILES string of the molecule is CCC(CC)(OC(=O)Nc1c(C)nc(CC(C)C)c(CN)c1-c1ccc(C)cc1)C(=O)O.Cl. The third-order valence-electron chi connectivity index (χ3n) is 5.76. The summed E-state index contributed by atoms with van der Waals surface area (Å²) >= 11 is 0. The second kappa shape index (κ2) is 12.0. The van der Waals surface area contributed by atoms with Crippen molar-refractivity contribution >= 4 is 30.2 Å². The molecule has 0 spiro atoms. The first-order chi connectivity index (χ1) is 15.1. The number of anilines is 1. The Morgan fingerprint density at radius 2 is 1.73 bits per heavy atom. The van der Waals surface area contributed by atoms with Crippen molar-refractivity contribution in [3.63, 3.8) is 0 Å². The van der Waals surface area contributed by atoms with Crippen molar-refractivity contribution < 1.29 is 19.4 Å². The van der Waals surface area contributed by atoms with Gasteiger partial charge in [-0.1, -0.05) is 57.5 Å². The number of benzene rings is 1. The van der Waals surface area contributed by atoms with Crippen molar-refractivity contribution in [3.8, 4) is 11.1 Å². The average molecular weight is 478 g/mol. The lowest BCUT2D eigenvalue weighted by Gasteiger charge is -2.27. The number of hydrogen-bond acceptors (Lipinski definition) is 5. The number of amides is 1. The van der Waals surface area contributed by atoms with Gasteiger partial charge in [-0.3, -0.25) is 10.3 Å². The molecule has 0 aliphatic rings. The van der Waals surface area contributed by atoms with Gasteiger partial charge in [-0.2, -0.15) is 0 Å². The van der Waals surface area contributed by atoms with E-state index in [0.717, 1.165) is 34.4 Å². The second-order valence-corrected chi connectivity index (χ2v) is 8.56. The van der Waals surface area contributed by atoms with Crippen LogP contribution >= 0.6 is 12.4 Å². The Morgan fingerprint density at radius 1 is 1.15 bits per heavy atom. The zero-order valence-electron chi connectivity index (χ0n) is 20.3. The predicted octanol–water partition coefficient (Wildman–Crippen LogP) is 5.64. The summed E-state index contributed by atoms with van der Waals surface area (Å²) in [6.45, 7) is 11.7. The van der Waals surface area contributed by atoms with Crippen molar-refractivity contribution in [1.29, 1.82) is 0 Å². The lowest BCUT2D eigenvalue weighted by molar-refractivity contribution is -0.158. The van der Waals surface area contributed by atoms with Gasteiger partial charge in [-0.25, -0.2) is 9.59 Å². The molecule has 4 N–H and O–H groups in total. The van der Waals surface area contributed by atoms with Crippen LogP contribution in [-0.4, -0.2) is 27.8 Å². The topological polar surface area (TPSA) is 115 Å². The fraction of sp³-hybridized carbons (Fsp3) is 0.480. The number of carboxylic acid groups (broad SMARTS) is 1. The standard InChI is InChI=1S/C25H35N3O4.ClH/c1-7-25(8-2,23(29)30)32-24(31)28-22-17(6)27-20(13-15(3)4)19(14-26)21(22)18-11-9-16(5)10-12-18;/h9-12,15H,7-8,13-14,26H2,1-6H3,(H,28,31)(H,29,30);1H. The smallest absolute Gasteiger partial charge is 0.412 e. The molecule has 0 radical (unpaired) electrons. The van der Waals surface area contributed by atoms with Crippen LogP contribution in [0.3, 0.4) is 0 Å². The molecular weight excluding hydrogens is 442 g/mol. The number of hydrogen-bond donors (Lipinski definition) is 3. The van der Waals surface area contributed by atoms with E-state index in [1.165, 1.54) is 0 Å². The molecule has 0 saturated heterocycles. The van der Waals surface area contributed by atoms with Gasteiger partial charge in [0.25, 0.3) is 0 Å². The maximum Gasteiger partial charge on any atom is 0.412 e. The van der Waals surface area contributed by atoms with Gasteiger partial charge < -0.3 is 15.6 Å². The Balaban J connectivity index is 0.00000544. The molecule has 2 aromatic rings. The minimum absolute atomic E-state index is 0. The molecule has 0 aliphatic heterocycles. The number of pyridine rings is 1. The summed E-state index contributed by atoms with van der Waals surface area (Å²) in [7, 11) is 0. The van der Waals surface area contributed by atoms with Gasteiger partial charge in [-0.05, 0) is 50.2 Å². The summed E-state index contributed by atoms with van der Waals surface area (Å²) in [5.41, 5.74) is 10.3. The highest BCUT2D eigenvalue weighted by Gasteiger charge is 2.39. The van der Waals surface area contributed by atoms with Crippen LogP contribution in [0, 0.1) is 19.8 Å². The van der Waals surface area contributed by atoms with Crippen LogP contribution < -0.4 is 11.1 Å². The van der Waals surface area contributed by atoms with Crippen LogP contribution in [0.25, 0.3) is 11.1 Å². The summed E-state index contributed by atoms with van der Waals surface area (Å²) in [5, 5.41) is 12.4. The number of carbonyl (C=O) groups is 2. The number of rotatable bonds is 9. The molecular formula is C25H36ClN3O4. The molecule has 1 heterocycles. The van der Waals surface area contributed by atoms with E-state index < -0.39 is 17.7 Å². The number of nitrogens with zero attached hydrogens (tertiary/aromatic N) is 1. The van der Waals surface area contributed by atoms with E-state index in [1.807, 2.05) is 38.1 Å². The van der Waals surface area contributed by atoms with Crippen LogP contribution in [0.1, 0.15) is 63.1 Å².